The average Bonchev–Trinajstić information content (AvgIpc) is 3.20. The van der Waals surface area contributed by atoms with E-state index in [-0.39, 0.29) is 11.9 Å². The van der Waals surface area contributed by atoms with Crippen LogP contribution in [0.3, 0.4) is 0 Å². The molecule has 1 N–H and O–H groups in total. The third-order valence-corrected chi connectivity index (χ3v) is 4.43. The first-order valence-corrected chi connectivity index (χ1v) is 8.99. The summed E-state index contributed by atoms with van der Waals surface area (Å²) >= 11 is 0. The molecule has 0 aliphatic rings. The highest BCUT2D eigenvalue weighted by molar-refractivity contribution is 5.94. The van der Waals surface area contributed by atoms with Crippen molar-refractivity contribution in [1.29, 1.82) is 0 Å². The third kappa shape index (κ3) is 5.41. The number of hydrogen-bond donors (Lipinski definition) is 1. The van der Waals surface area contributed by atoms with Gasteiger partial charge in [0.25, 0.3) is 5.91 Å². The summed E-state index contributed by atoms with van der Waals surface area (Å²) in [4.78, 5) is 16.3. The van der Waals surface area contributed by atoms with E-state index in [0.717, 1.165) is 24.2 Å². The molecule has 6 nitrogen and oxygen atoms in total. The fourth-order valence-corrected chi connectivity index (χ4v) is 2.82. The van der Waals surface area contributed by atoms with Crippen LogP contribution >= 0.6 is 0 Å². The van der Waals surface area contributed by atoms with Crippen LogP contribution in [0.25, 0.3) is 0 Å². The van der Waals surface area contributed by atoms with Crippen molar-refractivity contribution >= 4 is 5.91 Å². The average molecular weight is 364 g/mol. The van der Waals surface area contributed by atoms with E-state index in [4.69, 9.17) is 4.74 Å². The third-order valence-electron chi connectivity index (χ3n) is 4.43. The maximum Gasteiger partial charge on any atom is 0.251 e. The lowest BCUT2D eigenvalue weighted by atomic mass is 10.1. The molecule has 2 aromatic carbocycles. The summed E-state index contributed by atoms with van der Waals surface area (Å²) in [5.74, 6) is 0.803. The van der Waals surface area contributed by atoms with Gasteiger partial charge in [0.05, 0.1) is 13.7 Å². The van der Waals surface area contributed by atoms with Crippen LogP contribution in [0.1, 0.15) is 34.8 Å². The number of amides is 1. The molecule has 140 valence electrons. The van der Waals surface area contributed by atoms with Crippen LogP contribution in [0.5, 0.6) is 5.75 Å². The van der Waals surface area contributed by atoms with E-state index in [1.165, 1.54) is 11.9 Å². The number of aromatic nitrogens is 3. The van der Waals surface area contributed by atoms with E-state index in [9.17, 15) is 4.79 Å². The number of ether oxygens (including phenoxy) is 1. The van der Waals surface area contributed by atoms with Gasteiger partial charge in [-0.05, 0) is 55.2 Å². The summed E-state index contributed by atoms with van der Waals surface area (Å²) in [6.07, 6.45) is 4.96. The van der Waals surface area contributed by atoms with Crippen LogP contribution in [0.2, 0.25) is 0 Å². The Morgan fingerprint density at radius 3 is 2.44 bits per heavy atom. The lowest BCUT2D eigenvalue weighted by molar-refractivity contribution is 0.0938. The maximum atomic E-state index is 12.4. The summed E-state index contributed by atoms with van der Waals surface area (Å²) in [7, 11) is 1.66. The normalized spacial score (nSPS) is 11.8. The number of methoxy groups -OCH3 is 1. The van der Waals surface area contributed by atoms with Gasteiger partial charge in [0.15, 0.2) is 0 Å². The van der Waals surface area contributed by atoms with Gasteiger partial charge in [-0.15, -0.1) is 0 Å². The molecule has 6 heteroatoms. The molecule has 1 unspecified atom stereocenters. The second-order valence-electron chi connectivity index (χ2n) is 6.55. The van der Waals surface area contributed by atoms with Crippen LogP contribution in [-0.2, 0) is 13.0 Å². The first-order chi connectivity index (χ1) is 13.1. The van der Waals surface area contributed by atoms with Gasteiger partial charge < -0.3 is 10.1 Å². The fraction of sp³-hybridized carbons (Fsp3) is 0.286. The molecule has 1 amide bonds. The molecule has 0 radical (unpaired) electrons. The van der Waals surface area contributed by atoms with Gasteiger partial charge >= 0.3 is 0 Å². The predicted molar refractivity (Wildman–Crippen MR) is 104 cm³/mol. The minimum Gasteiger partial charge on any atom is -0.497 e. The number of nitrogens with one attached hydrogen (secondary N) is 1. The van der Waals surface area contributed by atoms with Crippen molar-refractivity contribution in [2.24, 2.45) is 0 Å². The van der Waals surface area contributed by atoms with E-state index in [2.05, 4.69) is 27.5 Å². The van der Waals surface area contributed by atoms with Gasteiger partial charge in [0, 0.05) is 11.6 Å². The molecule has 0 aliphatic carbocycles. The lowest BCUT2D eigenvalue weighted by Crippen LogP contribution is -2.32. The Morgan fingerprint density at radius 2 is 1.81 bits per heavy atom. The number of hydrogen-bond acceptors (Lipinski definition) is 4. The molecular weight excluding hydrogens is 340 g/mol. The molecular formula is C21H24N4O2. The Hall–Kier alpha value is -3.15. The van der Waals surface area contributed by atoms with E-state index in [1.54, 1.807) is 18.1 Å². The van der Waals surface area contributed by atoms with Crippen LogP contribution in [0.15, 0.2) is 61.2 Å². The molecule has 0 saturated heterocycles. The van der Waals surface area contributed by atoms with Crippen molar-refractivity contribution in [3.05, 3.63) is 77.9 Å². The number of carbonyl (C=O) groups is 1. The maximum absolute atomic E-state index is 12.4. The van der Waals surface area contributed by atoms with Crippen LogP contribution in [0, 0.1) is 0 Å². The monoisotopic (exact) mass is 364 g/mol. The minimum atomic E-state index is -0.0514. The highest BCUT2D eigenvalue weighted by Gasteiger charge is 2.10. The van der Waals surface area contributed by atoms with Crippen molar-refractivity contribution in [3.63, 3.8) is 0 Å². The highest BCUT2D eigenvalue weighted by Crippen LogP contribution is 2.13. The second kappa shape index (κ2) is 8.98. The molecule has 0 saturated carbocycles. The molecule has 3 rings (SSSR count). The quantitative estimate of drug-likeness (QED) is 0.667. The zero-order chi connectivity index (χ0) is 19.1. The van der Waals surface area contributed by atoms with Crippen molar-refractivity contribution in [1.82, 2.24) is 20.1 Å². The summed E-state index contributed by atoms with van der Waals surface area (Å²) < 4.78 is 6.92. The highest BCUT2D eigenvalue weighted by atomic mass is 16.5. The Morgan fingerprint density at radius 1 is 1.11 bits per heavy atom. The Labute approximate surface area is 159 Å². The molecule has 0 fully saturated rings. The first kappa shape index (κ1) is 18.6. The van der Waals surface area contributed by atoms with Crippen LogP contribution in [-0.4, -0.2) is 33.8 Å². The summed E-state index contributed by atoms with van der Waals surface area (Å²) in [6, 6.07) is 15.7. The van der Waals surface area contributed by atoms with Crippen LogP contribution < -0.4 is 10.1 Å². The Kier molecular flexibility index (Phi) is 6.20. The molecule has 0 bridgehead atoms. The molecule has 0 aliphatic heterocycles. The van der Waals surface area contributed by atoms with Gasteiger partial charge in [0.1, 0.15) is 18.4 Å². The van der Waals surface area contributed by atoms with Gasteiger partial charge in [-0.25, -0.2) is 9.67 Å². The summed E-state index contributed by atoms with van der Waals surface area (Å²) in [5.41, 5.74) is 2.97. The number of aryl methyl sites for hydroxylation is 1. The first-order valence-electron chi connectivity index (χ1n) is 8.99. The van der Waals surface area contributed by atoms with Gasteiger partial charge in [-0.2, -0.15) is 5.10 Å². The van der Waals surface area contributed by atoms with Gasteiger partial charge in [-0.1, -0.05) is 24.3 Å². The van der Waals surface area contributed by atoms with Crippen molar-refractivity contribution in [2.75, 3.05) is 7.11 Å². The minimum absolute atomic E-state index is 0.0514. The van der Waals surface area contributed by atoms with Crippen LogP contribution in [0.4, 0.5) is 0 Å². The fourth-order valence-electron chi connectivity index (χ4n) is 2.82. The molecule has 0 spiro atoms. The largest absolute Gasteiger partial charge is 0.497 e. The molecule has 27 heavy (non-hydrogen) atoms. The Bertz CT molecular complexity index is 843. The van der Waals surface area contributed by atoms with E-state index in [0.29, 0.717) is 12.1 Å². The molecule has 1 atom stereocenters. The lowest BCUT2D eigenvalue weighted by Gasteiger charge is -2.14. The van der Waals surface area contributed by atoms with E-state index >= 15 is 0 Å². The number of benzene rings is 2. The SMILES string of the molecule is COc1ccc(CCC(C)NC(=O)c2ccc(Cn3cncn3)cc2)cc1. The van der Waals surface area contributed by atoms with Crippen molar-refractivity contribution in [2.45, 2.75) is 32.4 Å². The summed E-state index contributed by atoms with van der Waals surface area (Å²) in [6.45, 7) is 2.67. The van der Waals surface area contributed by atoms with Gasteiger partial charge in [-0.3, -0.25) is 4.79 Å². The second-order valence-corrected chi connectivity index (χ2v) is 6.55. The molecule has 1 aromatic heterocycles. The Balaban J connectivity index is 1.48. The number of carbonyl (C=O) groups excluding carboxylic acids is 1. The van der Waals surface area contributed by atoms with Crippen molar-refractivity contribution in [3.8, 4) is 5.75 Å². The molecule has 3 aromatic rings. The number of nitrogens with zero attached hydrogens (tertiary/aromatic N) is 3. The van der Waals surface area contributed by atoms with Gasteiger partial charge in [0.2, 0.25) is 0 Å². The number of rotatable bonds is 8. The topological polar surface area (TPSA) is 69.0 Å². The summed E-state index contributed by atoms with van der Waals surface area (Å²) in [5, 5.41) is 7.15. The standard InChI is InChI=1S/C21H24N4O2/c1-16(3-4-17-7-11-20(27-2)12-8-17)24-21(26)19-9-5-18(6-10-19)13-25-15-22-14-23-25/h5-12,14-16H,3-4,13H2,1-2H3,(H,24,26). The molecule has 1 heterocycles. The van der Waals surface area contributed by atoms with E-state index < -0.39 is 0 Å². The zero-order valence-electron chi connectivity index (χ0n) is 15.6. The van der Waals surface area contributed by atoms with E-state index in [1.807, 2.05) is 43.3 Å². The predicted octanol–water partition coefficient (Wildman–Crippen LogP) is 3.09. The zero-order valence-corrected chi connectivity index (χ0v) is 15.6. The van der Waals surface area contributed by atoms with Crippen molar-refractivity contribution < 1.29 is 9.53 Å². The smallest absolute Gasteiger partial charge is 0.251 e.